The van der Waals surface area contributed by atoms with Crippen LogP contribution in [0.1, 0.15) is 30.0 Å². The van der Waals surface area contributed by atoms with Crippen molar-refractivity contribution in [2.24, 2.45) is 0 Å². The molecule has 1 unspecified atom stereocenters. The molecule has 0 aliphatic heterocycles. The van der Waals surface area contributed by atoms with Crippen LogP contribution >= 0.6 is 0 Å². The number of nitrogens with one attached hydrogen (secondary N) is 1. The van der Waals surface area contributed by atoms with E-state index in [4.69, 9.17) is 4.52 Å². The van der Waals surface area contributed by atoms with E-state index in [0.717, 1.165) is 33.6 Å². The van der Waals surface area contributed by atoms with Crippen LogP contribution in [0.5, 0.6) is 0 Å². The second-order valence-electron chi connectivity index (χ2n) is 4.98. The normalized spacial score (nSPS) is 12.6. The first kappa shape index (κ1) is 12.7. The fraction of sp³-hybridized carbons (Fsp3) is 0.250. The average Bonchev–Trinajstić information content (AvgIpc) is 2.78. The zero-order valence-corrected chi connectivity index (χ0v) is 11.8. The van der Waals surface area contributed by atoms with Gasteiger partial charge in [0.25, 0.3) is 0 Å². The molecule has 0 amide bonds. The van der Waals surface area contributed by atoms with Crippen LogP contribution in [0, 0.1) is 13.8 Å². The number of rotatable bonds is 3. The van der Waals surface area contributed by atoms with E-state index in [9.17, 15) is 0 Å². The molecule has 3 aromatic rings. The van der Waals surface area contributed by atoms with E-state index in [0.29, 0.717) is 0 Å². The predicted molar refractivity (Wildman–Crippen MR) is 79.8 cm³/mol. The Morgan fingerprint density at radius 1 is 1.15 bits per heavy atom. The summed E-state index contributed by atoms with van der Waals surface area (Å²) in [5.41, 5.74) is 4.11. The number of para-hydroxylation sites is 1. The fourth-order valence-electron chi connectivity index (χ4n) is 2.64. The van der Waals surface area contributed by atoms with E-state index in [1.807, 2.05) is 44.3 Å². The Hall–Kier alpha value is -2.36. The van der Waals surface area contributed by atoms with Crippen LogP contribution in [0.4, 0.5) is 5.69 Å². The molecule has 0 radical (unpaired) electrons. The number of nitrogens with zero attached hydrogens (tertiary/aromatic N) is 2. The van der Waals surface area contributed by atoms with Crippen molar-refractivity contribution >= 4 is 16.6 Å². The van der Waals surface area contributed by atoms with Gasteiger partial charge in [0.1, 0.15) is 5.76 Å². The molecule has 4 nitrogen and oxygen atoms in total. The Labute approximate surface area is 117 Å². The van der Waals surface area contributed by atoms with Gasteiger partial charge in [0.15, 0.2) is 0 Å². The van der Waals surface area contributed by atoms with E-state index in [1.54, 1.807) is 0 Å². The third-order valence-electron chi connectivity index (χ3n) is 3.54. The van der Waals surface area contributed by atoms with E-state index in [-0.39, 0.29) is 6.04 Å². The number of aryl methyl sites for hydroxylation is 2. The smallest absolute Gasteiger partial charge is 0.139 e. The minimum absolute atomic E-state index is 0.132. The maximum atomic E-state index is 5.24. The van der Waals surface area contributed by atoms with Crippen LogP contribution in [0.2, 0.25) is 0 Å². The highest BCUT2D eigenvalue weighted by Gasteiger charge is 2.16. The first-order chi connectivity index (χ1) is 9.66. The Balaban J connectivity index is 1.97. The van der Waals surface area contributed by atoms with Crippen molar-refractivity contribution in [3.63, 3.8) is 0 Å². The van der Waals surface area contributed by atoms with E-state index < -0.39 is 0 Å². The molecule has 1 atom stereocenters. The zero-order valence-electron chi connectivity index (χ0n) is 11.8. The largest absolute Gasteiger partial charge is 0.378 e. The number of pyridine rings is 1. The van der Waals surface area contributed by atoms with Gasteiger partial charge in [-0.1, -0.05) is 23.4 Å². The molecule has 0 spiro atoms. The molecule has 2 aromatic heterocycles. The standard InChI is InChI=1S/C16H17N3O/c1-10(16-11(2)19-20-12(16)3)18-15-8-9-17-14-7-5-4-6-13(14)15/h4-10H,1-3H3,(H,17,18). The first-order valence-corrected chi connectivity index (χ1v) is 6.70. The van der Waals surface area contributed by atoms with Gasteiger partial charge in [0.05, 0.1) is 17.3 Å². The van der Waals surface area contributed by atoms with Crippen molar-refractivity contribution in [2.75, 3.05) is 5.32 Å². The molecule has 102 valence electrons. The predicted octanol–water partition coefficient (Wildman–Crippen LogP) is 4.01. The van der Waals surface area contributed by atoms with Gasteiger partial charge >= 0.3 is 0 Å². The zero-order chi connectivity index (χ0) is 14.1. The summed E-state index contributed by atoms with van der Waals surface area (Å²) in [7, 11) is 0. The minimum Gasteiger partial charge on any atom is -0.378 e. The molecule has 3 rings (SSSR count). The lowest BCUT2D eigenvalue weighted by molar-refractivity contribution is 0.392. The second kappa shape index (κ2) is 4.96. The van der Waals surface area contributed by atoms with Crippen molar-refractivity contribution in [1.82, 2.24) is 10.1 Å². The second-order valence-corrected chi connectivity index (χ2v) is 4.98. The van der Waals surface area contributed by atoms with Crippen molar-refractivity contribution in [1.29, 1.82) is 0 Å². The molecule has 4 heteroatoms. The van der Waals surface area contributed by atoms with Gasteiger partial charge in [-0.15, -0.1) is 0 Å². The molecule has 0 aliphatic carbocycles. The Kier molecular flexibility index (Phi) is 3.14. The number of fused-ring (bicyclic) bond motifs is 1. The van der Waals surface area contributed by atoms with E-state index in [2.05, 4.69) is 28.4 Å². The van der Waals surface area contributed by atoms with E-state index >= 15 is 0 Å². The van der Waals surface area contributed by atoms with Gasteiger partial charge in [-0.3, -0.25) is 4.98 Å². The average molecular weight is 267 g/mol. The maximum absolute atomic E-state index is 5.24. The van der Waals surface area contributed by atoms with Crippen LogP contribution in [0.15, 0.2) is 41.1 Å². The van der Waals surface area contributed by atoms with Crippen LogP contribution in [0.3, 0.4) is 0 Å². The summed E-state index contributed by atoms with van der Waals surface area (Å²) in [5, 5.41) is 8.66. The van der Waals surface area contributed by atoms with Crippen molar-refractivity contribution in [3.8, 4) is 0 Å². The topological polar surface area (TPSA) is 51.0 Å². The quantitative estimate of drug-likeness (QED) is 0.779. The van der Waals surface area contributed by atoms with Crippen LogP contribution < -0.4 is 5.32 Å². The number of anilines is 1. The van der Waals surface area contributed by atoms with Gasteiger partial charge < -0.3 is 9.84 Å². The van der Waals surface area contributed by atoms with Crippen molar-refractivity contribution < 1.29 is 4.52 Å². The maximum Gasteiger partial charge on any atom is 0.139 e. The molecule has 0 saturated heterocycles. The highest BCUT2D eigenvalue weighted by Crippen LogP contribution is 2.28. The van der Waals surface area contributed by atoms with Gasteiger partial charge in [-0.2, -0.15) is 0 Å². The van der Waals surface area contributed by atoms with Gasteiger partial charge in [0.2, 0.25) is 0 Å². The van der Waals surface area contributed by atoms with Gasteiger partial charge in [-0.25, -0.2) is 0 Å². The Morgan fingerprint density at radius 3 is 2.70 bits per heavy atom. The van der Waals surface area contributed by atoms with Crippen molar-refractivity contribution in [2.45, 2.75) is 26.8 Å². The SMILES string of the molecule is Cc1noc(C)c1C(C)Nc1ccnc2ccccc12. The number of hydrogen-bond donors (Lipinski definition) is 1. The Bertz CT molecular complexity index is 724. The summed E-state index contributed by atoms with van der Waals surface area (Å²) in [6.07, 6.45) is 1.82. The fourth-order valence-corrected chi connectivity index (χ4v) is 2.64. The van der Waals surface area contributed by atoms with Crippen molar-refractivity contribution in [3.05, 3.63) is 53.5 Å². The Morgan fingerprint density at radius 2 is 1.95 bits per heavy atom. The molecule has 0 bridgehead atoms. The third kappa shape index (κ3) is 2.13. The summed E-state index contributed by atoms with van der Waals surface area (Å²) in [5.74, 6) is 0.862. The molecule has 0 aliphatic rings. The summed E-state index contributed by atoms with van der Waals surface area (Å²) in [6, 6.07) is 10.2. The molecule has 0 fully saturated rings. The highest BCUT2D eigenvalue weighted by atomic mass is 16.5. The van der Waals surface area contributed by atoms with Gasteiger partial charge in [-0.05, 0) is 32.9 Å². The summed E-state index contributed by atoms with van der Waals surface area (Å²) in [6.45, 7) is 6.02. The van der Waals surface area contributed by atoms with Crippen LogP contribution in [-0.4, -0.2) is 10.1 Å². The molecule has 1 aromatic carbocycles. The molecule has 0 saturated carbocycles. The monoisotopic (exact) mass is 267 g/mol. The molecular weight excluding hydrogens is 250 g/mol. The first-order valence-electron chi connectivity index (χ1n) is 6.70. The third-order valence-corrected chi connectivity index (χ3v) is 3.54. The summed E-state index contributed by atoms with van der Waals surface area (Å²) in [4.78, 5) is 4.38. The lowest BCUT2D eigenvalue weighted by Crippen LogP contribution is -2.08. The minimum atomic E-state index is 0.132. The highest BCUT2D eigenvalue weighted by molar-refractivity contribution is 5.91. The number of aromatic nitrogens is 2. The summed E-state index contributed by atoms with van der Waals surface area (Å²) >= 11 is 0. The van der Waals surface area contributed by atoms with E-state index in [1.165, 1.54) is 0 Å². The lowest BCUT2D eigenvalue weighted by atomic mass is 10.1. The van der Waals surface area contributed by atoms with Gasteiger partial charge in [0, 0.05) is 22.8 Å². The molecule has 1 N–H and O–H groups in total. The van der Waals surface area contributed by atoms with Crippen LogP contribution in [0.25, 0.3) is 10.9 Å². The molecular formula is C16H17N3O. The molecule has 20 heavy (non-hydrogen) atoms. The lowest BCUT2D eigenvalue weighted by Gasteiger charge is -2.16. The van der Waals surface area contributed by atoms with Crippen LogP contribution in [-0.2, 0) is 0 Å². The summed E-state index contributed by atoms with van der Waals surface area (Å²) < 4.78 is 5.24. The number of hydrogen-bond acceptors (Lipinski definition) is 4. The molecule has 2 heterocycles. The number of benzene rings is 1.